The molecule has 4 amide bonds. The highest BCUT2D eigenvalue weighted by molar-refractivity contribution is 6.31. The fourth-order valence-electron chi connectivity index (χ4n) is 3.80. The minimum Gasteiger partial charge on any atom is -0.368 e. The van der Waals surface area contributed by atoms with Crippen LogP contribution in [0.4, 0.5) is 21.9 Å². The third-order valence-corrected chi connectivity index (χ3v) is 5.57. The molecule has 4 rings (SSSR count). The van der Waals surface area contributed by atoms with Crippen molar-refractivity contribution in [1.82, 2.24) is 10.2 Å². The number of nitro benzene ring substituents is 1. The van der Waals surface area contributed by atoms with E-state index in [0.717, 1.165) is 23.7 Å². The monoisotopic (exact) mass is 435 g/mol. The Morgan fingerprint density at radius 2 is 1.62 bits per heavy atom. The lowest BCUT2D eigenvalue weighted by Crippen LogP contribution is -2.52. The molecule has 0 atom stereocenters. The lowest BCUT2D eigenvalue weighted by Gasteiger charge is -2.38. The number of non-ortho nitro benzene ring substituents is 1. The first-order valence-corrected chi connectivity index (χ1v) is 10.0. The number of hydrogen-bond acceptors (Lipinski definition) is 7. The molecule has 0 aromatic heterocycles. The van der Waals surface area contributed by atoms with Crippen LogP contribution in [0.2, 0.25) is 0 Å². The van der Waals surface area contributed by atoms with E-state index in [2.05, 4.69) is 15.1 Å². The molecule has 2 aliphatic rings. The molecule has 32 heavy (non-hydrogen) atoms. The Balaban J connectivity index is 1.65. The van der Waals surface area contributed by atoms with Crippen LogP contribution in [-0.2, 0) is 9.59 Å². The zero-order valence-electron chi connectivity index (χ0n) is 17.4. The Morgan fingerprint density at radius 3 is 2.28 bits per heavy atom. The fraction of sp³-hybridized carbons (Fsp3) is 0.227. The first kappa shape index (κ1) is 21.0. The largest absolute Gasteiger partial charge is 0.368 e. The summed E-state index contributed by atoms with van der Waals surface area (Å²) in [6.07, 6.45) is 1.31. The predicted octanol–water partition coefficient (Wildman–Crippen LogP) is 2.01. The summed E-state index contributed by atoms with van der Waals surface area (Å²) in [6, 6.07) is 13.6. The van der Waals surface area contributed by atoms with Gasteiger partial charge in [0.05, 0.1) is 4.92 Å². The standard InChI is InChI=1S/C22H21N5O5/c1-24-21(29)18(20(28)23-22(24)30)14-15-13-17(27(31)32)7-8-19(15)26-11-9-25(10-12-26)16-5-3-2-4-6-16/h2-8,13-14H,9-12H2,1H3,(H,23,28,30)/b18-14+. The number of barbiturate groups is 1. The molecule has 2 aliphatic heterocycles. The van der Waals surface area contributed by atoms with Crippen LogP contribution in [0.5, 0.6) is 0 Å². The number of nitrogens with zero attached hydrogens (tertiary/aromatic N) is 4. The van der Waals surface area contributed by atoms with Crippen molar-refractivity contribution in [3.63, 3.8) is 0 Å². The molecule has 0 saturated carbocycles. The molecule has 0 radical (unpaired) electrons. The third-order valence-electron chi connectivity index (χ3n) is 5.57. The molecule has 0 unspecified atom stereocenters. The highest BCUT2D eigenvalue weighted by Crippen LogP contribution is 2.30. The third kappa shape index (κ3) is 4.02. The molecule has 2 heterocycles. The maximum absolute atomic E-state index is 12.5. The first-order valence-electron chi connectivity index (χ1n) is 10.0. The Hall–Kier alpha value is -4.21. The van der Waals surface area contributed by atoms with Crippen molar-refractivity contribution in [3.05, 3.63) is 69.8 Å². The van der Waals surface area contributed by atoms with E-state index in [0.29, 0.717) is 24.3 Å². The molecule has 2 saturated heterocycles. The number of carbonyl (C=O) groups excluding carboxylic acids is 3. The van der Waals surface area contributed by atoms with Crippen molar-refractivity contribution < 1.29 is 19.3 Å². The summed E-state index contributed by atoms with van der Waals surface area (Å²) >= 11 is 0. The van der Waals surface area contributed by atoms with Gasteiger partial charge >= 0.3 is 6.03 Å². The van der Waals surface area contributed by atoms with Crippen LogP contribution in [-0.4, -0.2) is 60.9 Å². The van der Waals surface area contributed by atoms with Gasteiger partial charge in [0.25, 0.3) is 17.5 Å². The molecule has 10 nitrogen and oxygen atoms in total. The average Bonchev–Trinajstić information content (AvgIpc) is 2.81. The van der Waals surface area contributed by atoms with Crippen LogP contribution < -0.4 is 15.1 Å². The lowest BCUT2D eigenvalue weighted by molar-refractivity contribution is -0.384. The summed E-state index contributed by atoms with van der Waals surface area (Å²) in [5.74, 6) is -1.59. The highest BCUT2D eigenvalue weighted by Gasteiger charge is 2.33. The van der Waals surface area contributed by atoms with Crippen LogP contribution in [0.3, 0.4) is 0 Å². The molecule has 0 spiro atoms. The average molecular weight is 435 g/mol. The van der Waals surface area contributed by atoms with E-state index < -0.39 is 22.8 Å². The number of likely N-dealkylation sites (N-methyl/N-ethyl adjacent to an activating group) is 1. The van der Waals surface area contributed by atoms with Crippen molar-refractivity contribution in [1.29, 1.82) is 0 Å². The predicted molar refractivity (Wildman–Crippen MR) is 118 cm³/mol. The Labute approximate surface area is 183 Å². The summed E-state index contributed by atoms with van der Waals surface area (Å²) in [6.45, 7) is 2.80. The smallest absolute Gasteiger partial charge is 0.331 e. The summed E-state index contributed by atoms with van der Waals surface area (Å²) < 4.78 is 0. The minimum absolute atomic E-state index is 0.156. The van der Waals surface area contributed by atoms with Crippen molar-refractivity contribution in [3.8, 4) is 0 Å². The molecular weight excluding hydrogens is 414 g/mol. The van der Waals surface area contributed by atoms with E-state index in [1.807, 2.05) is 30.3 Å². The number of carbonyl (C=O) groups is 3. The quantitative estimate of drug-likeness (QED) is 0.338. The topological polar surface area (TPSA) is 116 Å². The van der Waals surface area contributed by atoms with Crippen LogP contribution in [0, 0.1) is 10.1 Å². The molecule has 2 fully saturated rings. The SMILES string of the molecule is CN1C(=O)NC(=O)/C(=C\c2cc([N+](=O)[O-])ccc2N2CCN(c3ccccc3)CC2)C1=O. The number of hydrogen-bond donors (Lipinski definition) is 1. The Morgan fingerprint density at radius 1 is 0.969 bits per heavy atom. The zero-order chi connectivity index (χ0) is 22.8. The van der Waals surface area contributed by atoms with Gasteiger partial charge in [0.2, 0.25) is 0 Å². The molecular formula is C22H21N5O5. The van der Waals surface area contributed by atoms with E-state index in [-0.39, 0.29) is 11.3 Å². The van der Waals surface area contributed by atoms with Crippen LogP contribution >= 0.6 is 0 Å². The maximum Gasteiger partial charge on any atom is 0.331 e. The Kier molecular flexibility index (Phi) is 5.59. The number of piperazine rings is 1. The molecule has 164 valence electrons. The normalized spacial score (nSPS) is 18.2. The summed E-state index contributed by atoms with van der Waals surface area (Å²) in [5.41, 5.74) is 1.76. The lowest BCUT2D eigenvalue weighted by atomic mass is 10.0. The van der Waals surface area contributed by atoms with Gasteiger partial charge in [0.1, 0.15) is 5.57 Å². The highest BCUT2D eigenvalue weighted by atomic mass is 16.6. The number of anilines is 2. The summed E-state index contributed by atoms with van der Waals surface area (Å²) in [7, 11) is 1.26. The number of nitro groups is 1. The second kappa shape index (κ2) is 8.50. The molecule has 2 aromatic rings. The van der Waals surface area contributed by atoms with E-state index in [1.165, 1.54) is 25.3 Å². The van der Waals surface area contributed by atoms with Gasteiger partial charge in [0, 0.05) is 62.3 Å². The number of urea groups is 1. The number of rotatable bonds is 4. The first-order chi connectivity index (χ1) is 15.3. The molecule has 0 aliphatic carbocycles. The van der Waals surface area contributed by atoms with Gasteiger partial charge in [-0.15, -0.1) is 0 Å². The van der Waals surface area contributed by atoms with E-state index >= 15 is 0 Å². The number of benzene rings is 2. The summed E-state index contributed by atoms with van der Waals surface area (Å²) in [5, 5.41) is 13.4. The van der Waals surface area contributed by atoms with Crippen LogP contribution in [0.25, 0.3) is 6.08 Å². The molecule has 0 bridgehead atoms. The van der Waals surface area contributed by atoms with Crippen molar-refractivity contribution in [2.24, 2.45) is 0 Å². The van der Waals surface area contributed by atoms with Gasteiger partial charge in [-0.2, -0.15) is 0 Å². The van der Waals surface area contributed by atoms with Crippen molar-refractivity contribution >= 4 is 41.0 Å². The van der Waals surface area contributed by atoms with Gasteiger partial charge in [-0.1, -0.05) is 18.2 Å². The maximum atomic E-state index is 12.5. The number of nitrogens with one attached hydrogen (secondary N) is 1. The number of imide groups is 2. The van der Waals surface area contributed by atoms with Gasteiger partial charge in [-0.25, -0.2) is 4.79 Å². The Bertz CT molecular complexity index is 1120. The van der Waals surface area contributed by atoms with Crippen molar-refractivity contribution in [2.45, 2.75) is 0 Å². The molecule has 1 N–H and O–H groups in total. The van der Waals surface area contributed by atoms with Crippen LogP contribution in [0.1, 0.15) is 5.56 Å². The van der Waals surface area contributed by atoms with E-state index in [4.69, 9.17) is 0 Å². The molecule has 10 heteroatoms. The van der Waals surface area contributed by atoms with E-state index in [1.54, 1.807) is 6.07 Å². The minimum atomic E-state index is -0.829. The fourth-order valence-corrected chi connectivity index (χ4v) is 3.80. The van der Waals surface area contributed by atoms with Gasteiger partial charge in [-0.05, 0) is 24.3 Å². The summed E-state index contributed by atoms with van der Waals surface area (Å²) in [4.78, 5) is 52.3. The molecule has 2 aromatic carbocycles. The number of para-hydroxylation sites is 1. The van der Waals surface area contributed by atoms with Crippen molar-refractivity contribution in [2.75, 3.05) is 43.0 Å². The van der Waals surface area contributed by atoms with Crippen LogP contribution in [0.15, 0.2) is 54.1 Å². The van der Waals surface area contributed by atoms with E-state index in [9.17, 15) is 24.5 Å². The zero-order valence-corrected chi connectivity index (χ0v) is 17.4. The van der Waals surface area contributed by atoms with Gasteiger partial charge in [0.15, 0.2) is 0 Å². The number of amides is 4. The van der Waals surface area contributed by atoms with Gasteiger partial charge < -0.3 is 9.80 Å². The van der Waals surface area contributed by atoms with Gasteiger partial charge in [-0.3, -0.25) is 29.9 Å². The second-order valence-corrected chi connectivity index (χ2v) is 7.49. The second-order valence-electron chi connectivity index (χ2n) is 7.49.